The fraction of sp³-hybridized carbons (Fsp3) is 0.900. The number of aliphatic hydroxyl groups excluding tert-OH is 1. The van der Waals surface area contributed by atoms with Gasteiger partial charge in [0.25, 0.3) is 0 Å². The second-order valence-electron chi connectivity index (χ2n) is 3.37. The lowest BCUT2D eigenvalue weighted by Gasteiger charge is -2.01. The number of hydrogen-bond acceptors (Lipinski definition) is 3. The van der Waals surface area contributed by atoms with Crippen molar-refractivity contribution >= 4 is 5.90 Å². The first-order valence-corrected chi connectivity index (χ1v) is 5.20. The van der Waals surface area contributed by atoms with Crippen molar-refractivity contribution in [3.63, 3.8) is 0 Å². The molecule has 0 saturated heterocycles. The fourth-order valence-corrected chi connectivity index (χ4v) is 1.45. The second kappa shape index (κ2) is 6.89. The van der Waals surface area contributed by atoms with Gasteiger partial charge in [-0.05, 0) is 12.8 Å². The van der Waals surface area contributed by atoms with Crippen molar-refractivity contribution in [1.82, 2.24) is 0 Å². The van der Waals surface area contributed by atoms with Gasteiger partial charge in [0.05, 0.1) is 6.54 Å². The highest BCUT2D eigenvalue weighted by atomic mass is 16.5. The van der Waals surface area contributed by atoms with Gasteiger partial charge >= 0.3 is 0 Å². The molecule has 0 aliphatic carbocycles. The Bertz CT molecular complexity index is 157. The van der Waals surface area contributed by atoms with E-state index in [2.05, 4.69) is 4.99 Å². The maximum Gasteiger partial charge on any atom is 0.183 e. The van der Waals surface area contributed by atoms with Gasteiger partial charge in [0.15, 0.2) is 5.90 Å². The number of aliphatic hydroxyl groups is 1. The van der Waals surface area contributed by atoms with Gasteiger partial charge in [-0.1, -0.05) is 19.3 Å². The van der Waals surface area contributed by atoms with Crippen LogP contribution in [0.15, 0.2) is 4.99 Å². The Kier molecular flexibility index (Phi) is 5.57. The van der Waals surface area contributed by atoms with Gasteiger partial charge in [0, 0.05) is 13.0 Å². The van der Waals surface area contributed by atoms with E-state index in [0.717, 1.165) is 38.3 Å². The van der Waals surface area contributed by atoms with Crippen molar-refractivity contribution in [1.29, 1.82) is 0 Å². The second-order valence-corrected chi connectivity index (χ2v) is 3.37. The summed E-state index contributed by atoms with van der Waals surface area (Å²) in [6, 6.07) is 0. The predicted octanol–water partition coefficient (Wildman–Crippen LogP) is 1.75. The largest absolute Gasteiger partial charge is 0.479 e. The topological polar surface area (TPSA) is 41.8 Å². The van der Waals surface area contributed by atoms with Crippen LogP contribution in [-0.2, 0) is 4.74 Å². The van der Waals surface area contributed by atoms with E-state index in [4.69, 9.17) is 9.84 Å². The number of unbranched alkanes of at least 4 members (excludes halogenated alkanes) is 4. The molecule has 1 rings (SSSR count). The van der Waals surface area contributed by atoms with E-state index in [1.165, 1.54) is 19.3 Å². The predicted molar refractivity (Wildman–Crippen MR) is 53.0 cm³/mol. The quantitative estimate of drug-likeness (QED) is 0.614. The normalized spacial score (nSPS) is 15.6. The van der Waals surface area contributed by atoms with Gasteiger partial charge < -0.3 is 9.84 Å². The number of aliphatic imine (C=N–C) groups is 1. The number of nitrogens with zero attached hydrogens (tertiary/aromatic N) is 1. The first kappa shape index (κ1) is 10.5. The molecular weight excluding hydrogens is 166 g/mol. The lowest BCUT2D eigenvalue weighted by atomic mass is 10.1. The molecule has 3 heteroatoms. The third-order valence-electron chi connectivity index (χ3n) is 2.20. The molecule has 3 nitrogen and oxygen atoms in total. The van der Waals surface area contributed by atoms with Crippen LogP contribution >= 0.6 is 0 Å². The van der Waals surface area contributed by atoms with Gasteiger partial charge in [0.2, 0.25) is 0 Å². The maximum atomic E-state index is 8.56. The number of rotatable bonds is 7. The van der Waals surface area contributed by atoms with Crippen LogP contribution in [0.2, 0.25) is 0 Å². The lowest BCUT2D eigenvalue weighted by molar-refractivity contribution is 0.282. The summed E-state index contributed by atoms with van der Waals surface area (Å²) >= 11 is 0. The third kappa shape index (κ3) is 4.88. The molecule has 0 bridgehead atoms. The lowest BCUT2D eigenvalue weighted by Crippen LogP contribution is -1.98. The van der Waals surface area contributed by atoms with Crippen LogP contribution in [0.1, 0.15) is 38.5 Å². The zero-order chi connectivity index (χ0) is 9.36. The zero-order valence-corrected chi connectivity index (χ0v) is 8.17. The SMILES string of the molecule is OCCCCCCCC1=NCCO1. The molecule has 1 heterocycles. The fourth-order valence-electron chi connectivity index (χ4n) is 1.45. The van der Waals surface area contributed by atoms with E-state index in [-0.39, 0.29) is 0 Å². The minimum atomic E-state index is 0.329. The van der Waals surface area contributed by atoms with Gasteiger partial charge in [-0.3, -0.25) is 4.99 Å². The monoisotopic (exact) mass is 185 g/mol. The molecule has 0 fully saturated rings. The summed E-state index contributed by atoms with van der Waals surface area (Å²) in [6.45, 7) is 1.95. The van der Waals surface area contributed by atoms with E-state index in [1.54, 1.807) is 0 Å². The Balaban J connectivity index is 1.83. The summed E-state index contributed by atoms with van der Waals surface area (Å²) in [5.74, 6) is 0.946. The smallest absolute Gasteiger partial charge is 0.183 e. The maximum absolute atomic E-state index is 8.56. The molecular formula is C10H19NO2. The van der Waals surface area contributed by atoms with Crippen LogP contribution in [-0.4, -0.2) is 30.8 Å². The summed E-state index contributed by atoms with van der Waals surface area (Å²) in [4.78, 5) is 4.22. The molecule has 76 valence electrons. The van der Waals surface area contributed by atoms with Crippen molar-refractivity contribution in [2.24, 2.45) is 4.99 Å². The Labute approximate surface area is 79.8 Å². The Hall–Kier alpha value is -0.570. The average molecular weight is 185 g/mol. The summed E-state index contributed by atoms with van der Waals surface area (Å²) < 4.78 is 5.29. The highest BCUT2D eigenvalue weighted by Crippen LogP contribution is 2.08. The molecule has 1 N–H and O–H groups in total. The molecule has 0 radical (unpaired) electrons. The minimum absolute atomic E-state index is 0.329. The van der Waals surface area contributed by atoms with Gasteiger partial charge in [-0.2, -0.15) is 0 Å². The highest BCUT2D eigenvalue weighted by molar-refractivity contribution is 5.77. The summed E-state index contributed by atoms with van der Waals surface area (Å²) in [7, 11) is 0. The third-order valence-corrected chi connectivity index (χ3v) is 2.20. The van der Waals surface area contributed by atoms with Crippen LogP contribution in [0.25, 0.3) is 0 Å². The first-order valence-electron chi connectivity index (χ1n) is 5.20. The molecule has 0 aromatic carbocycles. The zero-order valence-electron chi connectivity index (χ0n) is 8.17. The van der Waals surface area contributed by atoms with Crippen molar-refractivity contribution in [3.05, 3.63) is 0 Å². The number of ether oxygens (including phenoxy) is 1. The van der Waals surface area contributed by atoms with Crippen LogP contribution in [0.4, 0.5) is 0 Å². The van der Waals surface area contributed by atoms with Crippen LogP contribution in [0.3, 0.4) is 0 Å². The van der Waals surface area contributed by atoms with Crippen molar-refractivity contribution < 1.29 is 9.84 Å². The van der Waals surface area contributed by atoms with Crippen LogP contribution in [0.5, 0.6) is 0 Å². The van der Waals surface area contributed by atoms with Crippen LogP contribution < -0.4 is 0 Å². The molecule has 0 unspecified atom stereocenters. The Morgan fingerprint density at radius 2 is 1.92 bits per heavy atom. The molecule has 0 amide bonds. The highest BCUT2D eigenvalue weighted by Gasteiger charge is 2.05. The van der Waals surface area contributed by atoms with E-state index in [1.807, 2.05) is 0 Å². The molecule has 1 aliphatic heterocycles. The molecule has 13 heavy (non-hydrogen) atoms. The first-order chi connectivity index (χ1) is 6.43. The number of hydrogen-bond donors (Lipinski definition) is 1. The van der Waals surface area contributed by atoms with E-state index in [9.17, 15) is 0 Å². The van der Waals surface area contributed by atoms with Gasteiger partial charge in [-0.15, -0.1) is 0 Å². The summed E-state index contributed by atoms with van der Waals surface area (Å²) in [5.41, 5.74) is 0. The molecule has 0 atom stereocenters. The van der Waals surface area contributed by atoms with Gasteiger partial charge in [-0.25, -0.2) is 0 Å². The molecule has 0 aromatic rings. The summed E-state index contributed by atoms with van der Waals surface area (Å²) in [5, 5.41) is 8.56. The van der Waals surface area contributed by atoms with E-state index < -0.39 is 0 Å². The molecule has 1 aliphatic rings. The Morgan fingerprint density at radius 3 is 2.62 bits per heavy atom. The minimum Gasteiger partial charge on any atom is -0.479 e. The standard InChI is InChI=1S/C10H19NO2/c12-8-5-3-1-2-4-6-10-11-7-9-13-10/h12H,1-9H2. The average Bonchev–Trinajstić information content (AvgIpc) is 2.63. The summed E-state index contributed by atoms with van der Waals surface area (Å²) in [6.07, 6.45) is 6.70. The van der Waals surface area contributed by atoms with Crippen molar-refractivity contribution in [2.45, 2.75) is 38.5 Å². The van der Waals surface area contributed by atoms with Crippen LogP contribution in [0, 0.1) is 0 Å². The van der Waals surface area contributed by atoms with Crippen molar-refractivity contribution in [2.75, 3.05) is 19.8 Å². The molecule has 0 spiro atoms. The Morgan fingerprint density at radius 1 is 1.15 bits per heavy atom. The van der Waals surface area contributed by atoms with Gasteiger partial charge in [0.1, 0.15) is 6.61 Å². The van der Waals surface area contributed by atoms with Crippen molar-refractivity contribution in [3.8, 4) is 0 Å². The molecule has 0 saturated carbocycles. The van der Waals surface area contributed by atoms with E-state index in [0.29, 0.717) is 6.61 Å². The molecule has 0 aromatic heterocycles. The van der Waals surface area contributed by atoms with E-state index >= 15 is 0 Å².